The summed E-state index contributed by atoms with van der Waals surface area (Å²) in [6.45, 7) is 1.89. The van der Waals surface area contributed by atoms with Gasteiger partial charge in [-0.3, -0.25) is 0 Å². The first kappa shape index (κ1) is 14.6. The molecule has 0 amide bonds. The first-order valence-corrected chi connectivity index (χ1v) is 5.44. The van der Waals surface area contributed by atoms with Crippen molar-refractivity contribution in [2.24, 2.45) is 0 Å². The number of rotatable bonds is 3. The molecule has 0 atom stereocenters. The summed E-state index contributed by atoms with van der Waals surface area (Å²) in [5.74, 6) is -0.562. The van der Waals surface area contributed by atoms with Crippen molar-refractivity contribution in [2.45, 2.75) is 13.1 Å². The predicted molar refractivity (Wildman–Crippen MR) is 62.1 cm³/mol. The van der Waals surface area contributed by atoms with Gasteiger partial charge in [-0.2, -0.15) is 13.2 Å². The topological polar surface area (TPSA) is 26.3 Å². The lowest BCUT2D eigenvalue weighted by molar-refractivity contribution is -0.138. The van der Waals surface area contributed by atoms with E-state index in [0.29, 0.717) is 5.56 Å². The fourth-order valence-electron chi connectivity index (χ4n) is 1.22. The standard InChI is InChI=1S/C12H10ClF3O2/c1-2-18-11(17)6-4-8-3-5-9(10(13)7-8)12(14,15)16/h3-7H,2H2,1H3/b6-4+. The normalized spacial score (nSPS) is 11.8. The van der Waals surface area contributed by atoms with Gasteiger partial charge in [0.2, 0.25) is 0 Å². The van der Waals surface area contributed by atoms with Crippen LogP contribution in [0.1, 0.15) is 18.1 Å². The minimum Gasteiger partial charge on any atom is -0.463 e. The Morgan fingerprint density at radius 3 is 2.61 bits per heavy atom. The Morgan fingerprint density at radius 2 is 2.11 bits per heavy atom. The third kappa shape index (κ3) is 4.07. The van der Waals surface area contributed by atoms with Crippen molar-refractivity contribution in [1.29, 1.82) is 0 Å². The molecule has 0 saturated heterocycles. The molecule has 0 aliphatic carbocycles. The molecule has 0 fully saturated rings. The molecule has 0 spiro atoms. The van der Waals surface area contributed by atoms with Crippen LogP contribution in [0.4, 0.5) is 13.2 Å². The Hall–Kier alpha value is -1.49. The molecule has 0 radical (unpaired) electrons. The van der Waals surface area contributed by atoms with Crippen molar-refractivity contribution < 1.29 is 22.7 Å². The van der Waals surface area contributed by atoms with E-state index in [2.05, 4.69) is 4.74 Å². The average Bonchev–Trinajstić information content (AvgIpc) is 2.25. The van der Waals surface area contributed by atoms with Gasteiger partial charge in [-0.15, -0.1) is 0 Å². The lowest BCUT2D eigenvalue weighted by atomic mass is 10.1. The summed E-state index contributed by atoms with van der Waals surface area (Å²) in [5, 5.41) is -0.409. The zero-order chi connectivity index (χ0) is 13.8. The van der Waals surface area contributed by atoms with Gasteiger partial charge in [0, 0.05) is 6.08 Å². The highest BCUT2D eigenvalue weighted by Gasteiger charge is 2.32. The number of hydrogen-bond donors (Lipinski definition) is 0. The maximum absolute atomic E-state index is 12.4. The molecule has 0 aliphatic heterocycles. The predicted octanol–water partition coefficient (Wildman–Crippen LogP) is 3.94. The number of carbonyl (C=O) groups excluding carboxylic acids is 1. The highest BCUT2D eigenvalue weighted by molar-refractivity contribution is 6.31. The third-order valence-electron chi connectivity index (χ3n) is 2.00. The van der Waals surface area contributed by atoms with Crippen LogP contribution in [-0.2, 0) is 15.7 Å². The van der Waals surface area contributed by atoms with Gasteiger partial charge in [-0.25, -0.2) is 4.79 Å². The Labute approximate surface area is 107 Å². The molecule has 0 heterocycles. The number of esters is 1. The Morgan fingerprint density at radius 1 is 1.44 bits per heavy atom. The summed E-state index contributed by atoms with van der Waals surface area (Å²) in [6, 6.07) is 3.23. The second kappa shape index (κ2) is 5.91. The van der Waals surface area contributed by atoms with Crippen molar-refractivity contribution in [3.8, 4) is 0 Å². The SMILES string of the molecule is CCOC(=O)/C=C/c1ccc(C(F)(F)F)c(Cl)c1. The molecule has 0 unspecified atom stereocenters. The average molecular weight is 279 g/mol. The van der Waals surface area contributed by atoms with Crippen molar-refractivity contribution in [3.63, 3.8) is 0 Å². The van der Waals surface area contributed by atoms with E-state index in [1.165, 1.54) is 12.1 Å². The molecule has 0 N–H and O–H groups in total. The van der Waals surface area contributed by atoms with Crippen LogP contribution in [0.25, 0.3) is 6.08 Å². The Kier molecular flexibility index (Phi) is 4.78. The molecule has 0 saturated carbocycles. The van der Waals surface area contributed by atoms with Crippen molar-refractivity contribution in [3.05, 3.63) is 40.4 Å². The lowest BCUT2D eigenvalue weighted by Gasteiger charge is -2.08. The molecule has 1 aromatic rings. The highest BCUT2D eigenvalue weighted by atomic mass is 35.5. The zero-order valence-electron chi connectivity index (χ0n) is 9.42. The first-order chi connectivity index (χ1) is 8.34. The number of halogens is 4. The van der Waals surface area contributed by atoms with Crippen molar-refractivity contribution in [2.75, 3.05) is 6.61 Å². The van der Waals surface area contributed by atoms with Crippen LogP contribution in [0, 0.1) is 0 Å². The van der Waals surface area contributed by atoms with Crippen LogP contribution < -0.4 is 0 Å². The molecular weight excluding hydrogens is 269 g/mol. The maximum atomic E-state index is 12.4. The van der Waals surface area contributed by atoms with E-state index in [1.54, 1.807) is 6.92 Å². The number of ether oxygens (including phenoxy) is 1. The van der Waals surface area contributed by atoms with Gasteiger partial charge in [0.05, 0.1) is 17.2 Å². The van der Waals surface area contributed by atoms with E-state index in [0.717, 1.165) is 18.2 Å². The van der Waals surface area contributed by atoms with E-state index in [-0.39, 0.29) is 6.61 Å². The number of carbonyl (C=O) groups is 1. The van der Waals surface area contributed by atoms with Gasteiger partial charge in [-0.1, -0.05) is 17.7 Å². The van der Waals surface area contributed by atoms with Gasteiger partial charge in [-0.05, 0) is 30.7 Å². The first-order valence-electron chi connectivity index (χ1n) is 5.06. The zero-order valence-corrected chi connectivity index (χ0v) is 10.2. The Balaban J connectivity index is 2.89. The monoisotopic (exact) mass is 278 g/mol. The number of hydrogen-bond acceptors (Lipinski definition) is 2. The molecule has 98 valence electrons. The van der Waals surface area contributed by atoms with Crippen LogP contribution in [0.2, 0.25) is 5.02 Å². The molecule has 6 heteroatoms. The third-order valence-corrected chi connectivity index (χ3v) is 2.31. The molecule has 1 aromatic carbocycles. The summed E-state index contributed by atoms with van der Waals surface area (Å²) in [5.41, 5.74) is -0.515. The van der Waals surface area contributed by atoms with Gasteiger partial charge in [0.25, 0.3) is 0 Å². The number of alkyl halides is 3. The van der Waals surface area contributed by atoms with Gasteiger partial charge in [0.15, 0.2) is 0 Å². The van der Waals surface area contributed by atoms with Crippen LogP contribution in [0.5, 0.6) is 0 Å². The van der Waals surface area contributed by atoms with E-state index >= 15 is 0 Å². The summed E-state index contributed by atoms with van der Waals surface area (Å²) in [4.78, 5) is 11.0. The van der Waals surface area contributed by atoms with E-state index in [9.17, 15) is 18.0 Å². The minimum absolute atomic E-state index is 0.233. The van der Waals surface area contributed by atoms with Gasteiger partial charge in [0.1, 0.15) is 0 Å². The van der Waals surface area contributed by atoms with Gasteiger partial charge >= 0.3 is 12.1 Å². The molecule has 0 aliphatic rings. The quantitative estimate of drug-likeness (QED) is 0.618. The molecule has 18 heavy (non-hydrogen) atoms. The molecule has 0 aromatic heterocycles. The summed E-state index contributed by atoms with van der Waals surface area (Å²) < 4.78 is 41.9. The van der Waals surface area contributed by atoms with Gasteiger partial charge < -0.3 is 4.74 Å². The Bertz CT molecular complexity index is 467. The van der Waals surface area contributed by atoms with Crippen LogP contribution in [0.3, 0.4) is 0 Å². The molecule has 1 rings (SSSR count). The fraction of sp³-hybridized carbons (Fsp3) is 0.250. The summed E-state index contributed by atoms with van der Waals surface area (Å²) in [6.07, 6.45) is -2.02. The number of benzene rings is 1. The molecule has 0 bridgehead atoms. The largest absolute Gasteiger partial charge is 0.463 e. The van der Waals surface area contributed by atoms with Crippen LogP contribution in [-0.4, -0.2) is 12.6 Å². The van der Waals surface area contributed by atoms with Crippen molar-refractivity contribution in [1.82, 2.24) is 0 Å². The second-order valence-electron chi connectivity index (χ2n) is 3.32. The van der Waals surface area contributed by atoms with Crippen molar-refractivity contribution >= 4 is 23.6 Å². The van der Waals surface area contributed by atoms with E-state index in [1.807, 2.05) is 0 Å². The molecular formula is C12H10ClF3O2. The van der Waals surface area contributed by atoms with Crippen LogP contribution >= 0.6 is 11.6 Å². The van der Waals surface area contributed by atoms with Crippen LogP contribution in [0.15, 0.2) is 24.3 Å². The lowest BCUT2D eigenvalue weighted by Crippen LogP contribution is -2.05. The minimum atomic E-state index is -4.49. The smallest absolute Gasteiger partial charge is 0.417 e. The summed E-state index contributed by atoms with van der Waals surface area (Å²) >= 11 is 5.52. The molecule has 2 nitrogen and oxygen atoms in total. The maximum Gasteiger partial charge on any atom is 0.417 e. The van der Waals surface area contributed by atoms with E-state index < -0.39 is 22.7 Å². The van der Waals surface area contributed by atoms with E-state index in [4.69, 9.17) is 11.6 Å². The second-order valence-corrected chi connectivity index (χ2v) is 3.73. The summed E-state index contributed by atoms with van der Waals surface area (Å²) in [7, 11) is 0. The highest BCUT2D eigenvalue weighted by Crippen LogP contribution is 2.35. The fourth-order valence-corrected chi connectivity index (χ4v) is 1.52.